The van der Waals surface area contributed by atoms with Gasteiger partial charge in [0.2, 0.25) is 0 Å². The molecule has 1 fully saturated rings. The number of ketones is 1. The summed E-state index contributed by atoms with van der Waals surface area (Å²) in [5, 5.41) is 9.09. The summed E-state index contributed by atoms with van der Waals surface area (Å²) in [7, 11) is 3.07. The molecule has 0 unspecified atom stereocenters. The fraction of sp³-hybridized carbons (Fsp3) is 0.429. The summed E-state index contributed by atoms with van der Waals surface area (Å²) >= 11 is 0. The van der Waals surface area contributed by atoms with E-state index in [4.69, 9.17) is 14.7 Å². The second-order valence-electron chi connectivity index (χ2n) is 4.55. The van der Waals surface area contributed by atoms with Crippen LogP contribution in [0.3, 0.4) is 0 Å². The lowest BCUT2D eigenvalue weighted by Crippen LogP contribution is -2.15. The molecular weight excluding hydrogens is 230 g/mol. The molecule has 0 saturated heterocycles. The predicted molar refractivity (Wildman–Crippen MR) is 65.9 cm³/mol. The highest BCUT2D eigenvalue weighted by atomic mass is 16.5. The summed E-state index contributed by atoms with van der Waals surface area (Å²) < 4.78 is 10.4. The van der Waals surface area contributed by atoms with Crippen LogP contribution in [0.4, 0.5) is 0 Å². The van der Waals surface area contributed by atoms with Crippen LogP contribution in [0.15, 0.2) is 12.1 Å². The Morgan fingerprint density at radius 1 is 1.28 bits per heavy atom. The van der Waals surface area contributed by atoms with Crippen molar-refractivity contribution >= 4 is 5.78 Å². The maximum atomic E-state index is 12.4. The van der Waals surface area contributed by atoms with E-state index >= 15 is 0 Å². The zero-order valence-electron chi connectivity index (χ0n) is 10.7. The molecule has 0 aliphatic heterocycles. The predicted octanol–water partition coefficient (Wildman–Crippen LogP) is 2.50. The number of ether oxygens (including phenoxy) is 2. The van der Waals surface area contributed by atoms with E-state index in [0.717, 1.165) is 5.56 Å². The van der Waals surface area contributed by atoms with Crippen LogP contribution in [0.25, 0.3) is 0 Å². The molecule has 1 aliphatic carbocycles. The van der Waals surface area contributed by atoms with Crippen LogP contribution >= 0.6 is 0 Å². The van der Waals surface area contributed by atoms with Crippen LogP contribution in [0.1, 0.15) is 28.8 Å². The molecular formula is C14H15NO3. The fourth-order valence-electron chi connectivity index (χ4n) is 2.00. The van der Waals surface area contributed by atoms with E-state index in [1.807, 2.05) is 6.92 Å². The zero-order valence-corrected chi connectivity index (χ0v) is 10.7. The largest absolute Gasteiger partial charge is 0.496 e. The number of Topliss-reactive ketones (excluding diaryl/α,β-unsaturated/α-hetero) is 1. The molecule has 1 aromatic rings. The first-order valence-corrected chi connectivity index (χ1v) is 5.76. The Balaban J connectivity index is 2.50. The summed E-state index contributed by atoms with van der Waals surface area (Å²) in [6.45, 7) is 1.88. The summed E-state index contributed by atoms with van der Waals surface area (Å²) in [5.74, 6) is 0.966. The van der Waals surface area contributed by atoms with Crippen molar-refractivity contribution < 1.29 is 14.3 Å². The maximum Gasteiger partial charge on any atom is 0.186 e. The van der Waals surface area contributed by atoms with E-state index in [1.165, 1.54) is 7.11 Å². The van der Waals surface area contributed by atoms with Crippen molar-refractivity contribution in [1.82, 2.24) is 0 Å². The van der Waals surface area contributed by atoms with Gasteiger partial charge >= 0.3 is 0 Å². The molecule has 0 bridgehead atoms. The number of rotatable bonds is 4. The van der Waals surface area contributed by atoms with E-state index in [0.29, 0.717) is 29.9 Å². The summed E-state index contributed by atoms with van der Waals surface area (Å²) in [6, 6.07) is 5.53. The molecule has 0 aromatic heterocycles. The number of hydrogen-bond donors (Lipinski definition) is 0. The van der Waals surface area contributed by atoms with Gasteiger partial charge in [0.15, 0.2) is 5.78 Å². The maximum absolute atomic E-state index is 12.4. The van der Waals surface area contributed by atoms with Crippen molar-refractivity contribution in [3.8, 4) is 17.6 Å². The molecule has 94 valence electrons. The van der Waals surface area contributed by atoms with E-state index in [-0.39, 0.29) is 5.78 Å². The van der Waals surface area contributed by atoms with Crippen LogP contribution < -0.4 is 9.47 Å². The Hall–Kier alpha value is -2.02. The average molecular weight is 245 g/mol. The molecule has 0 spiro atoms. The highest BCUT2D eigenvalue weighted by molar-refractivity contribution is 6.06. The number of methoxy groups -OCH3 is 2. The van der Waals surface area contributed by atoms with Gasteiger partial charge in [-0.05, 0) is 37.5 Å². The first kappa shape index (κ1) is 12.4. The number of carbonyl (C=O) groups excluding carboxylic acids is 1. The van der Waals surface area contributed by atoms with Crippen LogP contribution in [0, 0.1) is 23.7 Å². The first-order valence-electron chi connectivity index (χ1n) is 5.76. The summed E-state index contributed by atoms with van der Waals surface area (Å²) in [4.78, 5) is 12.4. The van der Waals surface area contributed by atoms with E-state index in [2.05, 4.69) is 6.07 Å². The first-order chi connectivity index (χ1) is 8.57. The molecule has 1 aromatic carbocycles. The Kier molecular flexibility index (Phi) is 3.00. The molecule has 0 amide bonds. The lowest BCUT2D eigenvalue weighted by Gasteiger charge is -2.13. The second kappa shape index (κ2) is 4.34. The van der Waals surface area contributed by atoms with E-state index < -0.39 is 5.41 Å². The van der Waals surface area contributed by atoms with Crippen molar-refractivity contribution in [1.29, 1.82) is 5.26 Å². The van der Waals surface area contributed by atoms with Crippen LogP contribution in [-0.2, 0) is 0 Å². The van der Waals surface area contributed by atoms with E-state index in [1.54, 1.807) is 19.2 Å². The van der Waals surface area contributed by atoms with Gasteiger partial charge in [-0.1, -0.05) is 0 Å². The third-order valence-electron chi connectivity index (χ3n) is 3.36. The Bertz CT molecular complexity index is 539. The quantitative estimate of drug-likeness (QED) is 0.765. The molecule has 0 N–H and O–H groups in total. The minimum absolute atomic E-state index is 0.167. The number of nitriles is 1. The Morgan fingerprint density at radius 3 is 2.33 bits per heavy atom. The minimum atomic E-state index is -0.840. The lowest BCUT2D eigenvalue weighted by atomic mass is 9.94. The smallest absolute Gasteiger partial charge is 0.186 e. The molecule has 0 heterocycles. The molecule has 1 aliphatic rings. The highest BCUT2D eigenvalue weighted by Gasteiger charge is 2.51. The summed E-state index contributed by atoms with van der Waals surface area (Å²) in [6.07, 6.45) is 1.25. The molecule has 4 heteroatoms. The van der Waals surface area contributed by atoms with Gasteiger partial charge in [-0.3, -0.25) is 4.79 Å². The van der Waals surface area contributed by atoms with Crippen molar-refractivity contribution in [3.63, 3.8) is 0 Å². The third kappa shape index (κ3) is 1.82. The minimum Gasteiger partial charge on any atom is -0.496 e. The number of aryl methyl sites for hydroxylation is 1. The molecule has 18 heavy (non-hydrogen) atoms. The van der Waals surface area contributed by atoms with Gasteiger partial charge in [0, 0.05) is 0 Å². The number of carbonyl (C=O) groups is 1. The van der Waals surface area contributed by atoms with Crippen molar-refractivity contribution in [2.75, 3.05) is 14.2 Å². The molecule has 0 radical (unpaired) electrons. The van der Waals surface area contributed by atoms with Gasteiger partial charge in [-0.2, -0.15) is 5.26 Å². The molecule has 4 nitrogen and oxygen atoms in total. The van der Waals surface area contributed by atoms with Gasteiger partial charge < -0.3 is 9.47 Å². The lowest BCUT2D eigenvalue weighted by molar-refractivity contribution is 0.0931. The molecule has 2 rings (SSSR count). The second-order valence-corrected chi connectivity index (χ2v) is 4.55. The molecule has 1 saturated carbocycles. The summed E-state index contributed by atoms with van der Waals surface area (Å²) in [5.41, 5.74) is 0.486. The van der Waals surface area contributed by atoms with Gasteiger partial charge in [0.1, 0.15) is 16.9 Å². The third-order valence-corrected chi connectivity index (χ3v) is 3.36. The van der Waals surface area contributed by atoms with Gasteiger partial charge in [-0.25, -0.2) is 0 Å². The Labute approximate surface area is 106 Å². The van der Waals surface area contributed by atoms with Crippen LogP contribution in [-0.4, -0.2) is 20.0 Å². The highest BCUT2D eigenvalue weighted by Crippen LogP contribution is 2.49. The van der Waals surface area contributed by atoms with Crippen molar-refractivity contribution in [2.45, 2.75) is 19.8 Å². The van der Waals surface area contributed by atoms with Crippen LogP contribution in [0.2, 0.25) is 0 Å². The standard InChI is InChI=1S/C14H15NO3/c1-9-6-12(18-3)10(7-11(9)17-2)13(16)14(8-15)4-5-14/h6-7H,4-5H2,1-3H3. The van der Waals surface area contributed by atoms with Crippen molar-refractivity contribution in [2.24, 2.45) is 5.41 Å². The SMILES string of the molecule is COc1cc(C(=O)C2(C#N)CC2)c(OC)cc1C. The van der Waals surface area contributed by atoms with Gasteiger partial charge in [0.05, 0.1) is 25.9 Å². The zero-order chi connectivity index (χ0) is 13.3. The number of benzene rings is 1. The van der Waals surface area contributed by atoms with Gasteiger partial charge in [-0.15, -0.1) is 0 Å². The normalized spacial score (nSPS) is 15.7. The van der Waals surface area contributed by atoms with Gasteiger partial charge in [0.25, 0.3) is 0 Å². The van der Waals surface area contributed by atoms with E-state index in [9.17, 15) is 4.79 Å². The number of hydrogen-bond acceptors (Lipinski definition) is 4. The van der Waals surface area contributed by atoms with Crippen molar-refractivity contribution in [3.05, 3.63) is 23.3 Å². The average Bonchev–Trinajstić information content (AvgIpc) is 3.18. The molecule has 0 atom stereocenters. The topological polar surface area (TPSA) is 59.3 Å². The monoisotopic (exact) mass is 245 g/mol. The number of nitrogens with zero attached hydrogens (tertiary/aromatic N) is 1. The van der Waals surface area contributed by atoms with Crippen LogP contribution in [0.5, 0.6) is 11.5 Å². The fourth-order valence-corrected chi connectivity index (χ4v) is 2.00. The Morgan fingerprint density at radius 2 is 1.89 bits per heavy atom.